The van der Waals surface area contributed by atoms with Crippen LogP contribution < -0.4 is 9.62 Å². The Balaban J connectivity index is 1.72. The number of para-hydroxylation sites is 1. The largest absolute Gasteiger partial charge is 0.355 e. The van der Waals surface area contributed by atoms with E-state index in [4.69, 9.17) is 0 Å². The smallest absolute Gasteiger partial charge is 0.264 e. The van der Waals surface area contributed by atoms with Crippen molar-refractivity contribution in [3.8, 4) is 0 Å². The topological polar surface area (TPSA) is 66.5 Å². The van der Waals surface area contributed by atoms with Gasteiger partial charge in [0.15, 0.2) is 0 Å². The highest BCUT2D eigenvalue weighted by Crippen LogP contribution is 2.26. The molecule has 0 saturated heterocycles. The monoisotopic (exact) mass is 450 g/mol. The van der Waals surface area contributed by atoms with Crippen LogP contribution in [0.25, 0.3) is 0 Å². The van der Waals surface area contributed by atoms with Gasteiger partial charge >= 0.3 is 0 Å². The fourth-order valence-electron chi connectivity index (χ4n) is 3.55. The summed E-state index contributed by atoms with van der Waals surface area (Å²) < 4.78 is 28.0. The summed E-state index contributed by atoms with van der Waals surface area (Å²) in [5, 5.41) is 2.87. The Bertz CT molecular complexity index is 1170. The minimum Gasteiger partial charge on any atom is -0.355 e. The molecule has 0 aliphatic rings. The summed E-state index contributed by atoms with van der Waals surface area (Å²) in [6.07, 6.45) is 1.63. The summed E-state index contributed by atoms with van der Waals surface area (Å²) >= 11 is 0. The molecule has 0 fully saturated rings. The van der Waals surface area contributed by atoms with Gasteiger partial charge in [-0.2, -0.15) is 0 Å². The number of sulfonamides is 1. The van der Waals surface area contributed by atoms with Crippen LogP contribution in [0.15, 0.2) is 77.7 Å². The molecular weight excluding hydrogens is 420 g/mol. The molecular formula is C26H30N2O3S. The highest BCUT2D eigenvalue weighted by atomic mass is 32.2. The number of aryl methyl sites for hydroxylation is 4. The van der Waals surface area contributed by atoms with E-state index < -0.39 is 10.0 Å². The van der Waals surface area contributed by atoms with E-state index in [-0.39, 0.29) is 17.3 Å². The molecule has 1 N–H and O–H groups in total. The van der Waals surface area contributed by atoms with E-state index in [2.05, 4.69) is 30.4 Å². The van der Waals surface area contributed by atoms with Crippen molar-refractivity contribution in [2.24, 2.45) is 0 Å². The fraction of sp³-hybridized carbons (Fsp3) is 0.269. The lowest BCUT2D eigenvalue weighted by molar-refractivity contribution is -0.119. The number of hydrogen-bond acceptors (Lipinski definition) is 3. The van der Waals surface area contributed by atoms with Gasteiger partial charge < -0.3 is 5.32 Å². The third-order valence-corrected chi connectivity index (χ3v) is 7.10. The number of anilines is 1. The van der Waals surface area contributed by atoms with Crippen LogP contribution in [0.5, 0.6) is 0 Å². The highest BCUT2D eigenvalue weighted by molar-refractivity contribution is 7.92. The van der Waals surface area contributed by atoms with Gasteiger partial charge in [-0.1, -0.05) is 65.7 Å². The summed E-state index contributed by atoms with van der Waals surface area (Å²) in [4.78, 5) is 12.9. The van der Waals surface area contributed by atoms with E-state index in [1.807, 2.05) is 32.0 Å². The SMILES string of the molecule is Cc1ccc(S(=O)(=O)N(CC(=O)NCCCc2cccc(C)c2)c2ccccc2C)cc1. The zero-order chi connectivity index (χ0) is 23.1. The molecule has 6 heteroatoms. The molecule has 0 aromatic heterocycles. The van der Waals surface area contributed by atoms with Gasteiger partial charge in [-0.15, -0.1) is 0 Å². The third-order valence-electron chi connectivity index (χ3n) is 5.33. The molecule has 0 aliphatic heterocycles. The van der Waals surface area contributed by atoms with Crippen LogP contribution >= 0.6 is 0 Å². The number of nitrogens with one attached hydrogen (secondary N) is 1. The van der Waals surface area contributed by atoms with Gasteiger partial charge in [0, 0.05) is 6.54 Å². The lowest BCUT2D eigenvalue weighted by Gasteiger charge is -2.25. The molecule has 0 atom stereocenters. The normalized spacial score (nSPS) is 11.2. The summed E-state index contributed by atoms with van der Waals surface area (Å²) in [6, 6.07) is 22.2. The van der Waals surface area contributed by atoms with E-state index in [1.54, 1.807) is 36.4 Å². The first-order valence-electron chi connectivity index (χ1n) is 10.7. The van der Waals surface area contributed by atoms with Gasteiger partial charge in [0.25, 0.3) is 10.0 Å². The van der Waals surface area contributed by atoms with Crippen molar-refractivity contribution in [2.45, 2.75) is 38.5 Å². The van der Waals surface area contributed by atoms with Crippen LogP contribution in [0.2, 0.25) is 0 Å². The molecule has 1 amide bonds. The second kappa shape index (κ2) is 10.5. The summed E-state index contributed by atoms with van der Waals surface area (Å²) in [7, 11) is -3.89. The highest BCUT2D eigenvalue weighted by Gasteiger charge is 2.28. The molecule has 0 aliphatic carbocycles. The van der Waals surface area contributed by atoms with Crippen molar-refractivity contribution >= 4 is 21.6 Å². The van der Waals surface area contributed by atoms with Crippen LogP contribution in [0.4, 0.5) is 5.69 Å². The average Bonchev–Trinajstić information content (AvgIpc) is 2.76. The van der Waals surface area contributed by atoms with Crippen LogP contribution in [0.1, 0.15) is 28.7 Å². The van der Waals surface area contributed by atoms with E-state index in [0.29, 0.717) is 12.2 Å². The first-order valence-corrected chi connectivity index (χ1v) is 12.2. The van der Waals surface area contributed by atoms with Crippen molar-refractivity contribution in [2.75, 3.05) is 17.4 Å². The Morgan fingerprint density at radius 1 is 0.875 bits per heavy atom. The van der Waals surface area contributed by atoms with E-state index >= 15 is 0 Å². The van der Waals surface area contributed by atoms with Crippen LogP contribution in [0, 0.1) is 20.8 Å². The van der Waals surface area contributed by atoms with Crippen molar-refractivity contribution in [3.05, 3.63) is 95.1 Å². The number of carbonyl (C=O) groups excluding carboxylic acids is 1. The first-order chi connectivity index (χ1) is 15.3. The molecule has 5 nitrogen and oxygen atoms in total. The average molecular weight is 451 g/mol. The van der Waals surface area contributed by atoms with E-state index in [1.165, 1.54) is 15.4 Å². The maximum Gasteiger partial charge on any atom is 0.264 e. The maximum atomic E-state index is 13.4. The molecule has 0 heterocycles. The lowest BCUT2D eigenvalue weighted by atomic mass is 10.1. The molecule has 3 rings (SSSR count). The minimum atomic E-state index is -3.89. The predicted molar refractivity (Wildman–Crippen MR) is 129 cm³/mol. The number of hydrogen-bond donors (Lipinski definition) is 1. The molecule has 0 bridgehead atoms. The van der Waals surface area contributed by atoms with Crippen molar-refractivity contribution in [1.82, 2.24) is 5.32 Å². The van der Waals surface area contributed by atoms with Gasteiger partial charge in [-0.05, 0) is 62.9 Å². The Morgan fingerprint density at radius 3 is 2.28 bits per heavy atom. The molecule has 0 unspecified atom stereocenters. The van der Waals surface area contributed by atoms with Gasteiger partial charge in [0.05, 0.1) is 10.6 Å². The second-order valence-electron chi connectivity index (χ2n) is 8.05. The van der Waals surface area contributed by atoms with E-state index in [9.17, 15) is 13.2 Å². The third kappa shape index (κ3) is 5.98. The second-order valence-corrected chi connectivity index (χ2v) is 9.92. The van der Waals surface area contributed by atoms with Gasteiger partial charge in [-0.3, -0.25) is 9.10 Å². The quantitative estimate of drug-likeness (QED) is 0.486. The zero-order valence-corrected chi connectivity index (χ0v) is 19.7. The first kappa shape index (κ1) is 23.5. The standard InChI is InChI=1S/C26H30N2O3S/c1-20-13-15-24(16-14-20)32(30,31)28(25-12-5-4-9-22(25)3)19-26(29)27-17-7-11-23-10-6-8-21(2)18-23/h4-6,8-10,12-16,18H,7,11,17,19H2,1-3H3,(H,27,29). The molecule has 0 spiro atoms. The predicted octanol–water partition coefficient (Wildman–Crippen LogP) is 4.56. The summed E-state index contributed by atoms with van der Waals surface area (Å²) in [6.45, 7) is 6.01. The molecule has 0 radical (unpaired) electrons. The maximum absolute atomic E-state index is 13.4. The van der Waals surface area contributed by atoms with Gasteiger partial charge in [-0.25, -0.2) is 8.42 Å². The van der Waals surface area contributed by atoms with E-state index in [0.717, 1.165) is 24.0 Å². The molecule has 3 aromatic carbocycles. The van der Waals surface area contributed by atoms with Crippen molar-refractivity contribution < 1.29 is 13.2 Å². The molecule has 32 heavy (non-hydrogen) atoms. The summed E-state index contributed by atoms with van der Waals surface area (Å²) in [5.41, 5.74) is 4.70. The lowest BCUT2D eigenvalue weighted by Crippen LogP contribution is -2.41. The molecule has 0 saturated carbocycles. The van der Waals surface area contributed by atoms with Crippen molar-refractivity contribution in [1.29, 1.82) is 0 Å². The van der Waals surface area contributed by atoms with Crippen LogP contribution in [-0.2, 0) is 21.2 Å². The molecule has 3 aromatic rings. The molecule has 168 valence electrons. The number of nitrogens with zero attached hydrogens (tertiary/aromatic N) is 1. The van der Waals surface area contributed by atoms with Crippen LogP contribution in [-0.4, -0.2) is 27.4 Å². The van der Waals surface area contributed by atoms with Gasteiger partial charge in [0.2, 0.25) is 5.91 Å². The van der Waals surface area contributed by atoms with Gasteiger partial charge in [0.1, 0.15) is 6.54 Å². The van der Waals surface area contributed by atoms with Crippen molar-refractivity contribution in [3.63, 3.8) is 0 Å². The Labute approximate surface area is 191 Å². The Morgan fingerprint density at radius 2 is 1.59 bits per heavy atom. The number of rotatable bonds is 9. The van der Waals surface area contributed by atoms with Crippen LogP contribution in [0.3, 0.4) is 0 Å². The Kier molecular flexibility index (Phi) is 7.70. The number of amides is 1. The zero-order valence-electron chi connectivity index (χ0n) is 18.8. The number of benzene rings is 3. The minimum absolute atomic E-state index is 0.165. The Hall–Kier alpha value is -3.12. The number of carbonyl (C=O) groups is 1. The summed E-state index contributed by atoms with van der Waals surface area (Å²) in [5.74, 6) is -0.326. The fourth-order valence-corrected chi connectivity index (χ4v) is 5.04.